The molecular weight excluding hydrogens is 359 g/mol. The van der Waals surface area contributed by atoms with Crippen LogP contribution in [0.4, 0.5) is 18.9 Å². The number of fused-ring (bicyclic) bond motifs is 1. The summed E-state index contributed by atoms with van der Waals surface area (Å²) in [6, 6.07) is 9.96. The average Bonchev–Trinajstić information content (AvgIpc) is 2.60. The summed E-state index contributed by atoms with van der Waals surface area (Å²) in [6.07, 6.45) is -3.78. The van der Waals surface area contributed by atoms with Gasteiger partial charge in [-0.1, -0.05) is 31.2 Å². The number of hydrogen-bond donors (Lipinski definition) is 1. The van der Waals surface area contributed by atoms with Gasteiger partial charge in [-0.3, -0.25) is 4.79 Å². The molecule has 27 heavy (non-hydrogen) atoms. The van der Waals surface area contributed by atoms with Gasteiger partial charge in [0.05, 0.1) is 16.8 Å². The zero-order chi connectivity index (χ0) is 19.8. The van der Waals surface area contributed by atoms with Gasteiger partial charge in [-0.2, -0.15) is 13.2 Å². The number of rotatable bonds is 3. The lowest BCUT2D eigenvalue weighted by molar-refractivity contribution is -0.137. The molecule has 1 aliphatic rings. The van der Waals surface area contributed by atoms with Gasteiger partial charge >= 0.3 is 12.1 Å². The zero-order valence-electron chi connectivity index (χ0n) is 14.8. The Hall–Kier alpha value is -2.83. The van der Waals surface area contributed by atoms with Crippen molar-refractivity contribution in [2.24, 2.45) is 0 Å². The fourth-order valence-corrected chi connectivity index (χ4v) is 3.09. The summed E-state index contributed by atoms with van der Waals surface area (Å²) in [4.78, 5) is 25.0. The second-order valence-corrected chi connectivity index (χ2v) is 6.64. The SMILES string of the molecule is CCc1ccc2c(c1)CC(C)(C(=O)Nc1ccccc1C(F)(F)F)OC2=O. The number of benzene rings is 2. The Morgan fingerprint density at radius 3 is 2.59 bits per heavy atom. The molecule has 1 unspecified atom stereocenters. The molecule has 1 N–H and O–H groups in total. The number of carbonyl (C=O) groups excluding carboxylic acids is 2. The number of nitrogens with one attached hydrogen (secondary N) is 1. The Balaban J connectivity index is 1.90. The van der Waals surface area contributed by atoms with Crippen LogP contribution in [0, 0.1) is 0 Å². The lowest BCUT2D eigenvalue weighted by Gasteiger charge is -2.33. The van der Waals surface area contributed by atoms with Gasteiger partial charge in [0.25, 0.3) is 5.91 Å². The minimum absolute atomic E-state index is 0.0852. The van der Waals surface area contributed by atoms with Crippen molar-refractivity contribution in [2.45, 2.75) is 38.5 Å². The third-order valence-electron chi connectivity index (χ3n) is 4.60. The number of esters is 1. The number of hydrogen-bond acceptors (Lipinski definition) is 3. The number of cyclic esters (lactones) is 1. The van der Waals surface area contributed by atoms with Gasteiger partial charge in [-0.25, -0.2) is 4.79 Å². The number of aryl methyl sites for hydroxylation is 1. The normalized spacial score (nSPS) is 19.2. The largest absolute Gasteiger partial charge is 0.445 e. The number of alkyl halides is 3. The third-order valence-corrected chi connectivity index (χ3v) is 4.60. The molecular formula is C20H18F3NO3. The van der Waals surface area contributed by atoms with Crippen LogP contribution in [0.5, 0.6) is 0 Å². The topological polar surface area (TPSA) is 55.4 Å². The predicted octanol–water partition coefficient (Wildman–Crippen LogP) is 4.38. The van der Waals surface area contributed by atoms with Crippen molar-refractivity contribution in [3.63, 3.8) is 0 Å². The molecule has 0 fully saturated rings. The highest BCUT2D eigenvalue weighted by Crippen LogP contribution is 2.36. The van der Waals surface area contributed by atoms with Crippen LogP contribution in [-0.4, -0.2) is 17.5 Å². The Morgan fingerprint density at radius 2 is 1.93 bits per heavy atom. The highest BCUT2D eigenvalue weighted by molar-refractivity contribution is 6.02. The zero-order valence-corrected chi connectivity index (χ0v) is 14.8. The molecule has 1 heterocycles. The predicted molar refractivity (Wildman–Crippen MR) is 93.4 cm³/mol. The van der Waals surface area contributed by atoms with E-state index in [-0.39, 0.29) is 12.1 Å². The molecule has 1 amide bonds. The molecule has 4 nitrogen and oxygen atoms in total. The van der Waals surface area contributed by atoms with E-state index in [1.807, 2.05) is 19.1 Å². The molecule has 0 bridgehead atoms. The van der Waals surface area contributed by atoms with E-state index in [1.165, 1.54) is 19.1 Å². The molecule has 142 valence electrons. The second-order valence-electron chi connectivity index (χ2n) is 6.64. The van der Waals surface area contributed by atoms with Gasteiger partial charge in [0.2, 0.25) is 0 Å². The van der Waals surface area contributed by atoms with Crippen molar-refractivity contribution in [3.8, 4) is 0 Å². The quantitative estimate of drug-likeness (QED) is 0.808. The highest BCUT2D eigenvalue weighted by atomic mass is 19.4. The van der Waals surface area contributed by atoms with Crippen LogP contribution in [0.1, 0.15) is 40.9 Å². The van der Waals surface area contributed by atoms with Crippen molar-refractivity contribution in [1.82, 2.24) is 0 Å². The average molecular weight is 377 g/mol. The lowest BCUT2D eigenvalue weighted by atomic mass is 9.88. The summed E-state index contributed by atoms with van der Waals surface area (Å²) in [5.74, 6) is -1.47. The van der Waals surface area contributed by atoms with E-state index in [2.05, 4.69) is 5.32 Å². The van der Waals surface area contributed by atoms with Crippen molar-refractivity contribution < 1.29 is 27.5 Å². The molecule has 1 atom stereocenters. The van der Waals surface area contributed by atoms with Crippen LogP contribution in [0.15, 0.2) is 42.5 Å². The minimum atomic E-state index is -4.61. The maximum absolute atomic E-state index is 13.1. The summed E-state index contributed by atoms with van der Waals surface area (Å²) in [5, 5.41) is 2.27. The van der Waals surface area contributed by atoms with Crippen molar-refractivity contribution in [3.05, 3.63) is 64.7 Å². The minimum Gasteiger partial charge on any atom is -0.445 e. The first kappa shape index (κ1) is 18.9. The van der Waals surface area contributed by atoms with Gasteiger partial charge in [0, 0.05) is 6.42 Å². The molecule has 0 aliphatic carbocycles. The number of ether oxygens (including phenoxy) is 1. The van der Waals surface area contributed by atoms with Gasteiger partial charge in [0.1, 0.15) is 0 Å². The first-order valence-electron chi connectivity index (χ1n) is 8.47. The van der Waals surface area contributed by atoms with E-state index < -0.39 is 29.2 Å². The molecule has 0 saturated heterocycles. The number of anilines is 1. The van der Waals surface area contributed by atoms with Gasteiger partial charge in [0.15, 0.2) is 5.60 Å². The molecule has 1 aliphatic heterocycles. The summed E-state index contributed by atoms with van der Waals surface area (Å²) >= 11 is 0. The summed E-state index contributed by atoms with van der Waals surface area (Å²) in [6.45, 7) is 3.36. The molecule has 2 aromatic carbocycles. The molecule has 2 aromatic rings. The van der Waals surface area contributed by atoms with E-state index in [0.717, 1.165) is 24.1 Å². The highest BCUT2D eigenvalue weighted by Gasteiger charge is 2.43. The van der Waals surface area contributed by atoms with Crippen LogP contribution in [0.2, 0.25) is 0 Å². The van der Waals surface area contributed by atoms with Crippen molar-refractivity contribution in [1.29, 1.82) is 0 Å². The van der Waals surface area contributed by atoms with Crippen molar-refractivity contribution in [2.75, 3.05) is 5.32 Å². The first-order valence-corrected chi connectivity index (χ1v) is 8.47. The number of amides is 1. The molecule has 0 aromatic heterocycles. The van der Waals surface area contributed by atoms with E-state index in [4.69, 9.17) is 4.74 Å². The Kier molecular flexibility index (Phi) is 4.71. The van der Waals surface area contributed by atoms with E-state index in [0.29, 0.717) is 11.1 Å². The monoisotopic (exact) mass is 377 g/mol. The molecule has 0 spiro atoms. The fourth-order valence-electron chi connectivity index (χ4n) is 3.09. The maximum Gasteiger partial charge on any atom is 0.418 e. The summed E-state index contributed by atoms with van der Waals surface area (Å²) in [5.41, 5.74) is -0.929. The smallest absolute Gasteiger partial charge is 0.418 e. The maximum atomic E-state index is 13.1. The van der Waals surface area contributed by atoms with Crippen LogP contribution >= 0.6 is 0 Å². The molecule has 7 heteroatoms. The van der Waals surface area contributed by atoms with Crippen LogP contribution in [0.25, 0.3) is 0 Å². The Morgan fingerprint density at radius 1 is 1.22 bits per heavy atom. The standard InChI is InChI=1S/C20H18F3NO3/c1-3-12-8-9-14-13(10-12)11-19(2,27-17(14)25)18(26)24-16-7-5-4-6-15(16)20(21,22)23/h4-10H,3,11H2,1-2H3,(H,24,26). The fraction of sp³-hybridized carbons (Fsp3) is 0.300. The van der Waals surface area contributed by atoms with Gasteiger partial charge in [-0.05, 0) is 42.7 Å². The van der Waals surface area contributed by atoms with Crippen molar-refractivity contribution >= 4 is 17.6 Å². The first-order chi connectivity index (χ1) is 12.6. The number of para-hydroxylation sites is 1. The molecule has 0 radical (unpaired) electrons. The third kappa shape index (κ3) is 3.67. The van der Waals surface area contributed by atoms with Crippen LogP contribution < -0.4 is 5.32 Å². The van der Waals surface area contributed by atoms with E-state index in [9.17, 15) is 22.8 Å². The number of carbonyl (C=O) groups is 2. The van der Waals surface area contributed by atoms with Gasteiger partial charge in [-0.15, -0.1) is 0 Å². The van der Waals surface area contributed by atoms with Gasteiger partial charge < -0.3 is 10.1 Å². The second kappa shape index (κ2) is 6.72. The Labute approximate surface area is 154 Å². The van der Waals surface area contributed by atoms with E-state index >= 15 is 0 Å². The van der Waals surface area contributed by atoms with Crippen LogP contribution in [-0.2, 0) is 28.5 Å². The van der Waals surface area contributed by atoms with Crippen LogP contribution in [0.3, 0.4) is 0 Å². The Bertz CT molecular complexity index is 908. The lowest BCUT2D eigenvalue weighted by Crippen LogP contribution is -2.49. The number of halogens is 3. The summed E-state index contributed by atoms with van der Waals surface area (Å²) < 4.78 is 44.7. The van der Waals surface area contributed by atoms with E-state index in [1.54, 1.807) is 6.07 Å². The molecule has 0 saturated carbocycles. The molecule has 3 rings (SSSR count). The summed E-state index contributed by atoms with van der Waals surface area (Å²) in [7, 11) is 0.